The lowest BCUT2D eigenvalue weighted by Gasteiger charge is -2.21. The zero-order valence-corrected chi connectivity index (χ0v) is 9.72. The zero-order chi connectivity index (χ0) is 10.2. The molecular weight excluding hydrogens is 174 g/mol. The molecule has 0 amide bonds. The van der Waals surface area contributed by atoms with Gasteiger partial charge >= 0.3 is 0 Å². The fourth-order valence-corrected chi connectivity index (χ4v) is 1.91. The minimum Gasteiger partial charge on any atom is -0.301 e. The molecule has 2 heteroatoms. The third-order valence-electron chi connectivity index (χ3n) is 2.77. The lowest BCUT2D eigenvalue weighted by molar-refractivity contribution is -0.00449. The van der Waals surface area contributed by atoms with Crippen LogP contribution in [0.5, 0.6) is 0 Å². The summed E-state index contributed by atoms with van der Waals surface area (Å²) in [4.78, 5) is 5.48. The summed E-state index contributed by atoms with van der Waals surface area (Å²) in [6.07, 6.45) is 9.55. The summed E-state index contributed by atoms with van der Waals surface area (Å²) in [6, 6.07) is 0.606. The van der Waals surface area contributed by atoms with E-state index >= 15 is 0 Å². The predicted molar refractivity (Wildman–Crippen MR) is 60.0 cm³/mol. The van der Waals surface area contributed by atoms with Gasteiger partial charge in [0.05, 0.1) is 6.61 Å². The van der Waals surface area contributed by atoms with Crippen LogP contribution >= 0.6 is 0 Å². The van der Waals surface area contributed by atoms with Crippen LogP contribution in [0.15, 0.2) is 0 Å². The second-order valence-electron chi connectivity index (χ2n) is 4.86. The van der Waals surface area contributed by atoms with Crippen LogP contribution in [0.1, 0.15) is 58.8 Å². The van der Waals surface area contributed by atoms with Gasteiger partial charge < -0.3 is 4.84 Å². The summed E-state index contributed by atoms with van der Waals surface area (Å²) in [5, 5.41) is 0. The monoisotopic (exact) mass is 199 g/mol. The minimum absolute atomic E-state index is 0.606. The molecule has 1 rings (SSSR count). The Hall–Kier alpha value is -0.0800. The minimum atomic E-state index is 0.606. The van der Waals surface area contributed by atoms with Gasteiger partial charge in [-0.1, -0.05) is 46.0 Å². The van der Waals surface area contributed by atoms with Gasteiger partial charge in [0, 0.05) is 6.04 Å². The Morgan fingerprint density at radius 2 is 1.64 bits per heavy atom. The summed E-state index contributed by atoms with van der Waals surface area (Å²) in [7, 11) is 0. The van der Waals surface area contributed by atoms with Gasteiger partial charge in [0.1, 0.15) is 0 Å². The maximum Gasteiger partial charge on any atom is 0.0705 e. The van der Waals surface area contributed by atoms with E-state index in [0.717, 1.165) is 6.61 Å². The highest BCUT2D eigenvalue weighted by molar-refractivity contribution is 4.66. The van der Waals surface area contributed by atoms with E-state index in [0.29, 0.717) is 12.0 Å². The van der Waals surface area contributed by atoms with E-state index in [-0.39, 0.29) is 0 Å². The first-order chi connectivity index (χ1) is 6.79. The first-order valence-electron chi connectivity index (χ1n) is 6.16. The van der Waals surface area contributed by atoms with Gasteiger partial charge in [-0.2, -0.15) is 5.48 Å². The van der Waals surface area contributed by atoms with Crippen LogP contribution < -0.4 is 5.48 Å². The summed E-state index contributed by atoms with van der Waals surface area (Å²) in [6.45, 7) is 5.19. The quantitative estimate of drug-likeness (QED) is 0.702. The van der Waals surface area contributed by atoms with Crippen LogP contribution in [-0.2, 0) is 4.84 Å². The van der Waals surface area contributed by atoms with Crippen molar-refractivity contribution in [1.82, 2.24) is 5.48 Å². The topological polar surface area (TPSA) is 21.3 Å². The average molecular weight is 199 g/mol. The Balaban J connectivity index is 2.08. The first kappa shape index (κ1) is 12.0. The predicted octanol–water partition coefficient (Wildman–Crippen LogP) is 3.28. The normalized spacial score (nSPS) is 20.8. The number of nitrogens with one attached hydrogen (secondary N) is 1. The van der Waals surface area contributed by atoms with Crippen LogP contribution in [0, 0.1) is 5.92 Å². The van der Waals surface area contributed by atoms with Crippen LogP contribution in [0.3, 0.4) is 0 Å². The second kappa shape index (κ2) is 7.24. The Morgan fingerprint density at radius 1 is 1.07 bits per heavy atom. The van der Waals surface area contributed by atoms with Gasteiger partial charge in [-0.05, 0) is 18.8 Å². The van der Waals surface area contributed by atoms with Crippen molar-refractivity contribution in [2.45, 2.75) is 64.8 Å². The number of rotatable bonds is 4. The van der Waals surface area contributed by atoms with E-state index in [9.17, 15) is 0 Å². The van der Waals surface area contributed by atoms with Crippen molar-refractivity contribution in [3.8, 4) is 0 Å². The van der Waals surface area contributed by atoms with Crippen molar-refractivity contribution < 1.29 is 4.84 Å². The average Bonchev–Trinajstić information content (AvgIpc) is 2.07. The third kappa shape index (κ3) is 5.61. The molecule has 0 aliphatic heterocycles. The number of hydrogen-bond acceptors (Lipinski definition) is 2. The lowest BCUT2D eigenvalue weighted by Crippen LogP contribution is -2.31. The highest BCUT2D eigenvalue weighted by Crippen LogP contribution is 2.16. The van der Waals surface area contributed by atoms with E-state index in [1.165, 1.54) is 44.9 Å². The summed E-state index contributed by atoms with van der Waals surface area (Å²) in [5.41, 5.74) is 3.22. The molecule has 14 heavy (non-hydrogen) atoms. The fraction of sp³-hybridized carbons (Fsp3) is 1.00. The van der Waals surface area contributed by atoms with Crippen molar-refractivity contribution in [1.29, 1.82) is 0 Å². The number of hydroxylamine groups is 1. The molecule has 1 fully saturated rings. The molecule has 0 aromatic carbocycles. The van der Waals surface area contributed by atoms with Crippen molar-refractivity contribution in [2.75, 3.05) is 6.61 Å². The van der Waals surface area contributed by atoms with Crippen LogP contribution in [0.2, 0.25) is 0 Å². The van der Waals surface area contributed by atoms with Crippen molar-refractivity contribution in [3.05, 3.63) is 0 Å². The van der Waals surface area contributed by atoms with Gasteiger partial charge in [-0.3, -0.25) is 0 Å². The maximum absolute atomic E-state index is 5.48. The lowest BCUT2D eigenvalue weighted by atomic mass is 9.97. The summed E-state index contributed by atoms with van der Waals surface area (Å²) < 4.78 is 0. The van der Waals surface area contributed by atoms with E-state index in [1.54, 1.807) is 0 Å². The molecule has 0 atom stereocenters. The Kier molecular flexibility index (Phi) is 6.20. The molecule has 84 valence electrons. The van der Waals surface area contributed by atoms with E-state index in [1.807, 2.05) is 0 Å². The molecule has 0 heterocycles. The highest BCUT2D eigenvalue weighted by Gasteiger charge is 2.10. The van der Waals surface area contributed by atoms with Gasteiger partial charge in [-0.15, -0.1) is 0 Å². The van der Waals surface area contributed by atoms with Crippen LogP contribution in [0.25, 0.3) is 0 Å². The molecule has 1 saturated carbocycles. The van der Waals surface area contributed by atoms with Crippen LogP contribution in [-0.4, -0.2) is 12.6 Å². The molecule has 0 bridgehead atoms. The van der Waals surface area contributed by atoms with E-state index in [4.69, 9.17) is 4.84 Å². The summed E-state index contributed by atoms with van der Waals surface area (Å²) >= 11 is 0. The Labute approximate surface area is 88.4 Å². The molecule has 1 aliphatic rings. The fourth-order valence-electron chi connectivity index (χ4n) is 1.91. The molecule has 0 spiro atoms. The molecule has 1 aliphatic carbocycles. The zero-order valence-electron chi connectivity index (χ0n) is 9.72. The SMILES string of the molecule is CC(C)CONC1CCCCCCC1. The third-order valence-corrected chi connectivity index (χ3v) is 2.77. The Bertz CT molecular complexity index is 128. The highest BCUT2D eigenvalue weighted by atomic mass is 16.6. The van der Waals surface area contributed by atoms with Gasteiger partial charge in [-0.25, -0.2) is 0 Å². The number of hydrogen-bond donors (Lipinski definition) is 1. The molecule has 2 nitrogen and oxygen atoms in total. The smallest absolute Gasteiger partial charge is 0.0705 e. The standard InChI is InChI=1S/C12H25NO/c1-11(2)10-14-13-12-8-6-4-3-5-7-9-12/h11-13H,3-10H2,1-2H3. The van der Waals surface area contributed by atoms with E-state index < -0.39 is 0 Å². The molecule has 0 aromatic rings. The maximum atomic E-state index is 5.48. The molecule has 0 radical (unpaired) electrons. The summed E-state index contributed by atoms with van der Waals surface area (Å²) in [5.74, 6) is 0.621. The molecule has 0 unspecified atom stereocenters. The van der Waals surface area contributed by atoms with Crippen molar-refractivity contribution in [3.63, 3.8) is 0 Å². The van der Waals surface area contributed by atoms with Crippen LogP contribution in [0.4, 0.5) is 0 Å². The second-order valence-corrected chi connectivity index (χ2v) is 4.86. The van der Waals surface area contributed by atoms with Gasteiger partial charge in [0.2, 0.25) is 0 Å². The largest absolute Gasteiger partial charge is 0.301 e. The Morgan fingerprint density at radius 3 is 2.21 bits per heavy atom. The van der Waals surface area contributed by atoms with Crippen molar-refractivity contribution >= 4 is 0 Å². The molecule has 0 aromatic heterocycles. The molecule has 1 N–H and O–H groups in total. The van der Waals surface area contributed by atoms with E-state index in [2.05, 4.69) is 19.3 Å². The molecular formula is C12H25NO. The van der Waals surface area contributed by atoms with Gasteiger partial charge in [0.25, 0.3) is 0 Å². The van der Waals surface area contributed by atoms with Gasteiger partial charge in [0.15, 0.2) is 0 Å². The first-order valence-corrected chi connectivity index (χ1v) is 6.16. The van der Waals surface area contributed by atoms with Crippen molar-refractivity contribution in [2.24, 2.45) is 5.92 Å². The molecule has 0 saturated heterocycles.